The number of hydrogen-bond donors (Lipinski definition) is 2. The Bertz CT molecular complexity index is 230. The van der Waals surface area contributed by atoms with Gasteiger partial charge in [0.25, 0.3) is 0 Å². The van der Waals surface area contributed by atoms with Crippen molar-refractivity contribution in [3.05, 3.63) is 12.2 Å². The smallest absolute Gasteiger partial charge is 0.408 e. The van der Waals surface area contributed by atoms with Crippen LogP contribution >= 0.6 is 0 Å². The summed E-state index contributed by atoms with van der Waals surface area (Å²) in [6, 6.07) is -0.376. The quantitative estimate of drug-likeness (QED) is 0.706. The van der Waals surface area contributed by atoms with E-state index >= 15 is 0 Å². The molecule has 0 heterocycles. The zero-order valence-electron chi connectivity index (χ0n) is 9.90. The molecule has 1 amide bonds. The van der Waals surface area contributed by atoms with Crippen LogP contribution in [0.5, 0.6) is 0 Å². The molecule has 15 heavy (non-hydrogen) atoms. The molecular formula is C11H21NO3. The summed E-state index contributed by atoms with van der Waals surface area (Å²) in [6.45, 7) is 7.17. The van der Waals surface area contributed by atoms with Crippen LogP contribution in [-0.4, -0.2) is 39.4 Å². The van der Waals surface area contributed by atoms with Gasteiger partial charge in [0.05, 0.1) is 12.6 Å². The van der Waals surface area contributed by atoms with E-state index in [0.29, 0.717) is 6.42 Å². The highest BCUT2D eigenvalue weighted by molar-refractivity contribution is 5.66. The third-order valence-corrected chi connectivity index (χ3v) is 2.15. The van der Waals surface area contributed by atoms with Crippen LogP contribution in [0.1, 0.15) is 34.1 Å². The second-order valence-corrected chi connectivity index (χ2v) is 4.46. The normalized spacial score (nSPS) is 14.2. The first kappa shape index (κ1) is 14.0. The fourth-order valence-electron chi connectivity index (χ4n) is 1.55. The van der Waals surface area contributed by atoms with E-state index in [-0.39, 0.29) is 12.6 Å². The van der Waals surface area contributed by atoms with Crippen molar-refractivity contribution in [2.24, 2.45) is 0 Å². The number of carboxylic acid groups (broad SMARTS) is 1. The molecule has 0 radical (unpaired) electrons. The Morgan fingerprint density at radius 1 is 1.47 bits per heavy atom. The van der Waals surface area contributed by atoms with Gasteiger partial charge in [-0.3, -0.25) is 4.90 Å². The van der Waals surface area contributed by atoms with Gasteiger partial charge in [-0.05, 0) is 34.1 Å². The molecule has 2 N–H and O–H groups in total. The van der Waals surface area contributed by atoms with Gasteiger partial charge in [0.1, 0.15) is 0 Å². The van der Waals surface area contributed by atoms with E-state index in [1.54, 1.807) is 0 Å². The maximum atomic E-state index is 11.1. The lowest BCUT2D eigenvalue weighted by Crippen LogP contribution is -2.52. The average molecular weight is 215 g/mol. The molecule has 4 heteroatoms. The Morgan fingerprint density at radius 2 is 2.00 bits per heavy atom. The summed E-state index contributed by atoms with van der Waals surface area (Å²) in [4.78, 5) is 12.4. The van der Waals surface area contributed by atoms with Gasteiger partial charge in [0, 0.05) is 5.54 Å². The van der Waals surface area contributed by atoms with Crippen molar-refractivity contribution < 1.29 is 15.0 Å². The molecule has 0 rings (SSSR count). The van der Waals surface area contributed by atoms with E-state index in [1.807, 2.05) is 39.8 Å². The van der Waals surface area contributed by atoms with Gasteiger partial charge < -0.3 is 10.2 Å². The second kappa shape index (κ2) is 5.75. The number of allylic oxidation sites excluding steroid dienone is 1. The SMILES string of the molecule is C/C=C/C[C@H](CO)N(C(=O)O)C(C)(C)C. The molecule has 0 aliphatic heterocycles. The minimum absolute atomic E-state index is 0.159. The highest BCUT2D eigenvalue weighted by atomic mass is 16.4. The van der Waals surface area contributed by atoms with Gasteiger partial charge in [-0.1, -0.05) is 12.2 Å². The molecular weight excluding hydrogens is 194 g/mol. The Kier molecular flexibility index (Phi) is 5.36. The van der Waals surface area contributed by atoms with E-state index in [9.17, 15) is 9.90 Å². The molecule has 0 aliphatic rings. The summed E-state index contributed by atoms with van der Waals surface area (Å²) in [5.41, 5.74) is -0.499. The summed E-state index contributed by atoms with van der Waals surface area (Å²) in [5, 5.41) is 18.3. The number of amides is 1. The lowest BCUT2D eigenvalue weighted by atomic mass is 10.0. The van der Waals surface area contributed by atoms with E-state index < -0.39 is 11.6 Å². The molecule has 0 fully saturated rings. The van der Waals surface area contributed by atoms with E-state index in [4.69, 9.17) is 5.11 Å². The molecule has 0 bridgehead atoms. The zero-order chi connectivity index (χ0) is 12.1. The van der Waals surface area contributed by atoms with Crippen LogP contribution in [0.4, 0.5) is 4.79 Å². The first-order valence-electron chi connectivity index (χ1n) is 5.08. The fourth-order valence-corrected chi connectivity index (χ4v) is 1.55. The van der Waals surface area contributed by atoms with Gasteiger partial charge in [-0.25, -0.2) is 4.79 Å². The van der Waals surface area contributed by atoms with Gasteiger partial charge in [0.15, 0.2) is 0 Å². The number of aliphatic hydroxyl groups excluding tert-OH is 1. The van der Waals surface area contributed by atoms with Gasteiger partial charge >= 0.3 is 6.09 Å². The Labute approximate surface area is 91.2 Å². The highest BCUT2D eigenvalue weighted by Crippen LogP contribution is 2.19. The second-order valence-electron chi connectivity index (χ2n) is 4.46. The minimum atomic E-state index is -0.994. The minimum Gasteiger partial charge on any atom is -0.465 e. The maximum absolute atomic E-state index is 11.1. The van der Waals surface area contributed by atoms with E-state index in [1.165, 1.54) is 4.90 Å². The third-order valence-electron chi connectivity index (χ3n) is 2.15. The lowest BCUT2D eigenvalue weighted by molar-refractivity contribution is 0.0474. The van der Waals surface area contributed by atoms with Gasteiger partial charge in [0.2, 0.25) is 0 Å². The summed E-state index contributed by atoms with van der Waals surface area (Å²) in [6.07, 6.45) is 3.26. The van der Waals surface area contributed by atoms with Crippen molar-refractivity contribution in [3.8, 4) is 0 Å². The molecule has 88 valence electrons. The molecule has 0 saturated carbocycles. The summed E-state index contributed by atoms with van der Waals surface area (Å²) >= 11 is 0. The number of rotatable bonds is 4. The van der Waals surface area contributed by atoms with Crippen LogP contribution in [0, 0.1) is 0 Å². The molecule has 0 spiro atoms. The Morgan fingerprint density at radius 3 is 2.27 bits per heavy atom. The topological polar surface area (TPSA) is 60.8 Å². The Hall–Kier alpha value is -1.03. The standard InChI is InChI=1S/C11H21NO3/c1-5-6-7-9(8-13)12(10(14)15)11(2,3)4/h5-6,9,13H,7-8H2,1-4H3,(H,14,15)/b6-5+/t9-/m1/s1. The maximum Gasteiger partial charge on any atom is 0.408 e. The number of hydrogen-bond acceptors (Lipinski definition) is 2. The van der Waals surface area contributed by atoms with Crippen molar-refractivity contribution in [1.29, 1.82) is 0 Å². The van der Waals surface area contributed by atoms with Crippen LogP contribution in [-0.2, 0) is 0 Å². The molecule has 0 aliphatic carbocycles. The first-order chi connectivity index (χ1) is 6.84. The first-order valence-corrected chi connectivity index (χ1v) is 5.08. The van der Waals surface area contributed by atoms with Crippen molar-refractivity contribution in [2.45, 2.75) is 45.7 Å². The molecule has 0 aromatic carbocycles. The summed E-state index contributed by atoms with van der Waals surface area (Å²) < 4.78 is 0. The van der Waals surface area contributed by atoms with E-state index in [0.717, 1.165) is 0 Å². The number of carbonyl (C=O) groups is 1. The van der Waals surface area contributed by atoms with Crippen molar-refractivity contribution in [1.82, 2.24) is 4.90 Å². The average Bonchev–Trinajstić information content (AvgIpc) is 2.08. The molecule has 4 nitrogen and oxygen atoms in total. The lowest BCUT2D eigenvalue weighted by Gasteiger charge is -2.38. The van der Waals surface area contributed by atoms with Crippen LogP contribution in [0.15, 0.2) is 12.2 Å². The Balaban J connectivity index is 4.79. The third kappa shape index (κ3) is 4.34. The van der Waals surface area contributed by atoms with Crippen molar-refractivity contribution >= 4 is 6.09 Å². The van der Waals surface area contributed by atoms with Gasteiger partial charge in [-0.2, -0.15) is 0 Å². The number of aliphatic hydroxyl groups is 1. The molecule has 0 saturated heterocycles. The monoisotopic (exact) mass is 215 g/mol. The van der Waals surface area contributed by atoms with Crippen molar-refractivity contribution in [2.75, 3.05) is 6.61 Å². The van der Waals surface area contributed by atoms with Crippen molar-refractivity contribution in [3.63, 3.8) is 0 Å². The summed E-state index contributed by atoms with van der Waals surface area (Å²) in [5.74, 6) is 0. The molecule has 0 aromatic rings. The molecule has 0 aromatic heterocycles. The van der Waals surface area contributed by atoms with Crippen LogP contribution in [0.25, 0.3) is 0 Å². The van der Waals surface area contributed by atoms with Gasteiger partial charge in [-0.15, -0.1) is 0 Å². The fraction of sp³-hybridized carbons (Fsp3) is 0.727. The number of nitrogens with zero attached hydrogens (tertiary/aromatic N) is 1. The largest absolute Gasteiger partial charge is 0.465 e. The zero-order valence-corrected chi connectivity index (χ0v) is 9.90. The summed E-state index contributed by atoms with van der Waals surface area (Å²) in [7, 11) is 0. The van der Waals surface area contributed by atoms with Crippen LogP contribution in [0.3, 0.4) is 0 Å². The van der Waals surface area contributed by atoms with Crippen LogP contribution < -0.4 is 0 Å². The molecule has 1 atom stereocenters. The van der Waals surface area contributed by atoms with Crippen LogP contribution in [0.2, 0.25) is 0 Å². The predicted molar refractivity (Wildman–Crippen MR) is 59.9 cm³/mol. The predicted octanol–water partition coefficient (Wildman–Crippen LogP) is 2.09. The molecule has 0 unspecified atom stereocenters. The van der Waals surface area contributed by atoms with E-state index in [2.05, 4.69) is 0 Å². The highest BCUT2D eigenvalue weighted by Gasteiger charge is 2.31.